The van der Waals surface area contributed by atoms with Gasteiger partial charge in [0.2, 0.25) is 0 Å². The minimum atomic E-state index is -0.234. The molecule has 3 fully saturated rings. The molecular formula is C24H33N3O2. The molecule has 5 heteroatoms. The van der Waals surface area contributed by atoms with Crippen LogP contribution in [0, 0.1) is 5.92 Å². The van der Waals surface area contributed by atoms with Gasteiger partial charge in [0.15, 0.2) is 0 Å². The quantitative estimate of drug-likeness (QED) is 0.674. The first-order valence-corrected chi connectivity index (χ1v) is 11.1. The van der Waals surface area contributed by atoms with Gasteiger partial charge in [0.25, 0.3) is 0 Å². The molecule has 1 unspecified atom stereocenters. The summed E-state index contributed by atoms with van der Waals surface area (Å²) in [5.74, 6) is 0.661. The third-order valence-corrected chi connectivity index (χ3v) is 7.02. The topological polar surface area (TPSA) is 54.3 Å². The number of hydrogen-bond acceptors (Lipinski definition) is 5. The van der Waals surface area contributed by atoms with E-state index < -0.39 is 0 Å². The first kappa shape index (κ1) is 20.4. The van der Waals surface area contributed by atoms with Crippen LogP contribution in [-0.2, 0) is 14.9 Å². The van der Waals surface area contributed by atoms with Crippen molar-refractivity contribution in [2.24, 2.45) is 15.9 Å². The standard InChI is InChI=1S/C24H33N3O2/c1-18(22-5-3-6-23(22)25-17-27-13-15-29-16-14-27)26-21-9-7-20(8-10-21)24(19(2)28)11-4-12-24/h7-10,22H,3-6,11-17H2,1-2H3. The van der Waals surface area contributed by atoms with E-state index in [-0.39, 0.29) is 5.41 Å². The van der Waals surface area contributed by atoms with Crippen molar-refractivity contribution in [3.05, 3.63) is 29.8 Å². The number of aliphatic imine (C=N–C) groups is 2. The van der Waals surface area contributed by atoms with Crippen molar-refractivity contribution in [1.29, 1.82) is 0 Å². The lowest BCUT2D eigenvalue weighted by Crippen LogP contribution is -2.40. The van der Waals surface area contributed by atoms with Crippen molar-refractivity contribution in [2.75, 3.05) is 33.0 Å². The highest BCUT2D eigenvalue weighted by Crippen LogP contribution is 2.44. The Hall–Kier alpha value is -1.85. The van der Waals surface area contributed by atoms with E-state index in [2.05, 4.69) is 36.1 Å². The zero-order valence-corrected chi connectivity index (χ0v) is 17.8. The van der Waals surface area contributed by atoms with Gasteiger partial charge < -0.3 is 4.74 Å². The molecule has 3 aliphatic rings. The summed E-state index contributed by atoms with van der Waals surface area (Å²) in [6.45, 7) is 8.23. The van der Waals surface area contributed by atoms with Crippen LogP contribution in [0.4, 0.5) is 5.69 Å². The second kappa shape index (κ2) is 8.88. The Morgan fingerprint density at radius 3 is 2.48 bits per heavy atom. The van der Waals surface area contributed by atoms with E-state index >= 15 is 0 Å². The number of morpholine rings is 1. The van der Waals surface area contributed by atoms with Gasteiger partial charge in [-0.1, -0.05) is 18.6 Å². The first-order valence-electron chi connectivity index (χ1n) is 11.1. The zero-order chi connectivity index (χ0) is 20.3. The number of rotatable bonds is 6. The maximum absolute atomic E-state index is 12.1. The Morgan fingerprint density at radius 1 is 1.14 bits per heavy atom. The number of nitrogens with zero attached hydrogens (tertiary/aromatic N) is 3. The fourth-order valence-corrected chi connectivity index (χ4v) is 4.91. The molecule has 1 heterocycles. The molecule has 0 bridgehead atoms. The Labute approximate surface area is 174 Å². The van der Waals surface area contributed by atoms with Crippen molar-refractivity contribution in [2.45, 2.75) is 57.8 Å². The minimum absolute atomic E-state index is 0.234. The van der Waals surface area contributed by atoms with Crippen LogP contribution >= 0.6 is 0 Å². The molecule has 1 aliphatic heterocycles. The van der Waals surface area contributed by atoms with E-state index in [0.717, 1.165) is 82.0 Å². The summed E-state index contributed by atoms with van der Waals surface area (Å²) >= 11 is 0. The molecule has 5 nitrogen and oxygen atoms in total. The van der Waals surface area contributed by atoms with Crippen LogP contribution < -0.4 is 0 Å². The van der Waals surface area contributed by atoms with Gasteiger partial charge in [0, 0.05) is 30.4 Å². The second-order valence-corrected chi connectivity index (χ2v) is 8.76. The number of ether oxygens (including phenoxy) is 1. The monoisotopic (exact) mass is 395 g/mol. The van der Waals surface area contributed by atoms with Crippen LogP contribution in [0.2, 0.25) is 0 Å². The molecule has 1 saturated heterocycles. The predicted molar refractivity (Wildman–Crippen MR) is 117 cm³/mol. The van der Waals surface area contributed by atoms with Crippen LogP contribution in [0.25, 0.3) is 0 Å². The molecule has 0 radical (unpaired) electrons. The average Bonchev–Trinajstić information content (AvgIpc) is 3.16. The first-order chi connectivity index (χ1) is 14.1. The molecule has 2 saturated carbocycles. The van der Waals surface area contributed by atoms with Gasteiger partial charge in [-0.15, -0.1) is 0 Å². The Bertz CT molecular complexity index is 787. The molecule has 0 amide bonds. The summed E-state index contributed by atoms with van der Waals surface area (Å²) in [6, 6.07) is 8.35. The van der Waals surface area contributed by atoms with Gasteiger partial charge in [-0.25, -0.2) is 0 Å². The minimum Gasteiger partial charge on any atom is -0.379 e. The average molecular weight is 396 g/mol. The van der Waals surface area contributed by atoms with Crippen molar-refractivity contribution < 1.29 is 9.53 Å². The molecule has 1 aromatic carbocycles. The lowest BCUT2D eigenvalue weighted by Gasteiger charge is -2.40. The lowest BCUT2D eigenvalue weighted by molar-refractivity contribution is -0.125. The maximum atomic E-state index is 12.1. The van der Waals surface area contributed by atoms with E-state index in [4.69, 9.17) is 14.7 Å². The predicted octanol–water partition coefficient (Wildman–Crippen LogP) is 4.32. The van der Waals surface area contributed by atoms with Crippen LogP contribution in [0.3, 0.4) is 0 Å². The molecule has 2 aliphatic carbocycles. The molecule has 1 atom stereocenters. The molecule has 29 heavy (non-hydrogen) atoms. The summed E-state index contributed by atoms with van der Waals surface area (Å²) in [5.41, 5.74) is 4.35. The molecule has 0 spiro atoms. The summed E-state index contributed by atoms with van der Waals surface area (Å²) in [6.07, 6.45) is 6.53. The van der Waals surface area contributed by atoms with Gasteiger partial charge >= 0.3 is 0 Å². The fourth-order valence-electron chi connectivity index (χ4n) is 4.91. The zero-order valence-electron chi connectivity index (χ0n) is 17.8. The SMILES string of the molecule is CC(=O)C1(c2ccc(N=C(C)C3CCCC3=NCN3CCOCC3)cc2)CCC1. The van der Waals surface area contributed by atoms with Crippen molar-refractivity contribution in [3.8, 4) is 0 Å². The fraction of sp³-hybridized carbons (Fsp3) is 0.625. The lowest BCUT2D eigenvalue weighted by atomic mass is 9.62. The van der Waals surface area contributed by atoms with Crippen LogP contribution in [0.5, 0.6) is 0 Å². The van der Waals surface area contributed by atoms with Crippen LogP contribution in [0.15, 0.2) is 34.3 Å². The van der Waals surface area contributed by atoms with Crippen molar-refractivity contribution in [1.82, 2.24) is 4.90 Å². The summed E-state index contributed by atoms with van der Waals surface area (Å²) in [7, 11) is 0. The highest BCUT2D eigenvalue weighted by atomic mass is 16.5. The van der Waals surface area contributed by atoms with Gasteiger partial charge in [-0.2, -0.15) is 0 Å². The van der Waals surface area contributed by atoms with Crippen LogP contribution in [-0.4, -0.2) is 55.1 Å². The molecule has 1 aromatic rings. The maximum Gasteiger partial charge on any atom is 0.140 e. The van der Waals surface area contributed by atoms with E-state index in [0.29, 0.717) is 11.7 Å². The number of ketones is 1. The van der Waals surface area contributed by atoms with E-state index in [9.17, 15) is 4.79 Å². The highest BCUT2D eigenvalue weighted by molar-refractivity contribution is 6.08. The normalized spacial score (nSPS) is 26.5. The molecular weight excluding hydrogens is 362 g/mol. The Balaban J connectivity index is 1.44. The number of carbonyl (C=O) groups is 1. The molecule has 156 valence electrons. The molecule has 0 aromatic heterocycles. The van der Waals surface area contributed by atoms with Crippen molar-refractivity contribution >= 4 is 22.9 Å². The van der Waals surface area contributed by atoms with E-state index in [1.807, 2.05) is 0 Å². The number of carbonyl (C=O) groups excluding carboxylic acids is 1. The van der Waals surface area contributed by atoms with Crippen LogP contribution in [0.1, 0.15) is 57.9 Å². The number of benzene rings is 1. The van der Waals surface area contributed by atoms with Crippen molar-refractivity contribution in [3.63, 3.8) is 0 Å². The third kappa shape index (κ3) is 4.36. The van der Waals surface area contributed by atoms with Gasteiger partial charge in [0.1, 0.15) is 5.78 Å². The van der Waals surface area contributed by atoms with E-state index in [1.54, 1.807) is 6.92 Å². The number of Topliss-reactive ketones (excluding diaryl/α,β-unsaturated/α-hetero) is 1. The number of hydrogen-bond donors (Lipinski definition) is 0. The molecule has 4 rings (SSSR count). The third-order valence-electron chi connectivity index (χ3n) is 7.02. The molecule has 0 N–H and O–H groups in total. The smallest absolute Gasteiger partial charge is 0.140 e. The van der Waals surface area contributed by atoms with Gasteiger partial charge in [0.05, 0.1) is 31.0 Å². The summed E-state index contributed by atoms with van der Waals surface area (Å²) < 4.78 is 5.42. The highest BCUT2D eigenvalue weighted by Gasteiger charge is 2.42. The van der Waals surface area contributed by atoms with E-state index in [1.165, 1.54) is 12.1 Å². The summed E-state index contributed by atoms with van der Waals surface area (Å²) in [5, 5.41) is 0. The Kier molecular flexibility index (Phi) is 6.26. The van der Waals surface area contributed by atoms with Gasteiger partial charge in [-0.3, -0.25) is 19.7 Å². The summed E-state index contributed by atoms with van der Waals surface area (Å²) in [4.78, 5) is 24.4. The van der Waals surface area contributed by atoms with Gasteiger partial charge in [-0.05, 0) is 63.6 Å². The Morgan fingerprint density at radius 2 is 1.86 bits per heavy atom. The second-order valence-electron chi connectivity index (χ2n) is 8.76. The largest absolute Gasteiger partial charge is 0.379 e.